The van der Waals surface area contributed by atoms with Crippen molar-refractivity contribution in [3.8, 4) is 0 Å². The zero-order valence-electron chi connectivity index (χ0n) is 18.5. The molecule has 0 aromatic carbocycles. The summed E-state index contributed by atoms with van der Waals surface area (Å²) in [6, 6.07) is 2.47. The van der Waals surface area contributed by atoms with Gasteiger partial charge in [0.15, 0.2) is 0 Å². The Balaban J connectivity index is 1.28. The first kappa shape index (κ1) is 21.3. The number of nitrogens with zero attached hydrogens (tertiary/aromatic N) is 4. The van der Waals surface area contributed by atoms with E-state index in [0.29, 0.717) is 24.3 Å². The van der Waals surface area contributed by atoms with Gasteiger partial charge >= 0.3 is 0 Å². The molecule has 0 spiro atoms. The number of carbonyl (C=O) groups excluding carboxylic acids is 1. The molecule has 0 unspecified atom stereocenters. The Morgan fingerprint density at radius 3 is 2.81 bits per heavy atom. The van der Waals surface area contributed by atoms with Crippen LogP contribution in [0.4, 0.5) is 17.5 Å². The molecule has 1 aliphatic heterocycles. The second-order valence-corrected chi connectivity index (χ2v) is 10.1. The van der Waals surface area contributed by atoms with Gasteiger partial charge in [-0.2, -0.15) is 10.1 Å². The van der Waals surface area contributed by atoms with Crippen molar-refractivity contribution in [2.24, 2.45) is 11.8 Å². The van der Waals surface area contributed by atoms with Crippen LogP contribution in [0, 0.1) is 11.8 Å². The number of rotatable bonds is 6. The highest BCUT2D eigenvalue weighted by atomic mass is 32.1. The molecule has 170 valence electrons. The fourth-order valence-electron chi connectivity index (χ4n) is 4.69. The van der Waals surface area contributed by atoms with Crippen molar-refractivity contribution in [2.75, 3.05) is 23.7 Å². The van der Waals surface area contributed by atoms with Crippen molar-refractivity contribution in [1.82, 2.24) is 25.1 Å². The van der Waals surface area contributed by atoms with Crippen LogP contribution in [0.15, 0.2) is 23.8 Å². The number of piperidine rings is 1. The molecule has 8 nitrogen and oxygen atoms in total. The van der Waals surface area contributed by atoms with E-state index in [1.165, 1.54) is 30.4 Å². The highest BCUT2D eigenvalue weighted by Crippen LogP contribution is 2.32. The lowest BCUT2D eigenvalue weighted by molar-refractivity contribution is 0.0854. The van der Waals surface area contributed by atoms with Crippen LogP contribution in [-0.2, 0) is 0 Å². The standard InChI is InChI=1S/C23H31N7OS/c1-15-2-4-17(5-3-15)26-22-21-19(8-11-32-21)28-23(29-22)27-18-13-25-30(14-18)20(31)12-16-6-9-24-10-7-16/h8,11,13-17,24H,2-7,9-10,12H2,1H3,(H2,26,27,28,29). The lowest BCUT2D eigenvalue weighted by Crippen LogP contribution is -2.29. The zero-order chi connectivity index (χ0) is 21.9. The second kappa shape index (κ2) is 9.54. The van der Waals surface area contributed by atoms with E-state index in [2.05, 4.69) is 38.3 Å². The third-order valence-corrected chi connectivity index (χ3v) is 7.59. The number of hydrogen-bond acceptors (Lipinski definition) is 8. The fourth-order valence-corrected chi connectivity index (χ4v) is 5.48. The monoisotopic (exact) mass is 453 g/mol. The number of hydrogen-bond donors (Lipinski definition) is 3. The van der Waals surface area contributed by atoms with Gasteiger partial charge in [-0.3, -0.25) is 4.79 Å². The van der Waals surface area contributed by atoms with Gasteiger partial charge in [-0.15, -0.1) is 11.3 Å². The number of carbonyl (C=O) groups is 1. The Bertz CT molecular complexity index is 1060. The van der Waals surface area contributed by atoms with Gasteiger partial charge in [0.05, 0.1) is 28.3 Å². The molecular formula is C23H31N7OS. The molecule has 1 saturated heterocycles. The van der Waals surface area contributed by atoms with Crippen LogP contribution < -0.4 is 16.0 Å². The molecular weight excluding hydrogens is 422 g/mol. The third kappa shape index (κ3) is 4.94. The van der Waals surface area contributed by atoms with Crippen molar-refractivity contribution in [3.63, 3.8) is 0 Å². The van der Waals surface area contributed by atoms with E-state index in [0.717, 1.165) is 53.6 Å². The SMILES string of the molecule is CC1CCC(Nc2nc(Nc3cnn(C(=O)CC4CCNCC4)c3)nc3ccsc23)CC1. The van der Waals surface area contributed by atoms with Crippen molar-refractivity contribution >= 4 is 44.9 Å². The normalized spacial score (nSPS) is 22.2. The summed E-state index contributed by atoms with van der Waals surface area (Å²) in [4.78, 5) is 22.1. The average molecular weight is 454 g/mol. The minimum absolute atomic E-state index is 0.0352. The molecule has 1 aliphatic carbocycles. The first-order chi connectivity index (χ1) is 15.6. The zero-order valence-corrected chi connectivity index (χ0v) is 19.3. The Labute approximate surface area is 192 Å². The van der Waals surface area contributed by atoms with Crippen LogP contribution in [0.2, 0.25) is 0 Å². The lowest BCUT2D eigenvalue weighted by atomic mass is 9.87. The summed E-state index contributed by atoms with van der Waals surface area (Å²) in [5.41, 5.74) is 1.64. The maximum absolute atomic E-state index is 12.6. The largest absolute Gasteiger partial charge is 0.366 e. The van der Waals surface area contributed by atoms with E-state index in [-0.39, 0.29) is 5.91 Å². The molecule has 0 atom stereocenters. The van der Waals surface area contributed by atoms with Crippen LogP contribution in [0.25, 0.3) is 10.2 Å². The molecule has 0 bridgehead atoms. The molecule has 3 aromatic rings. The van der Waals surface area contributed by atoms with Crippen LogP contribution in [0.3, 0.4) is 0 Å². The predicted octanol–water partition coefficient (Wildman–Crippen LogP) is 4.65. The minimum atomic E-state index is 0.0352. The Morgan fingerprint density at radius 2 is 2.00 bits per heavy atom. The van der Waals surface area contributed by atoms with Crippen molar-refractivity contribution in [2.45, 2.75) is 57.9 Å². The summed E-state index contributed by atoms with van der Waals surface area (Å²) >= 11 is 1.66. The molecule has 4 heterocycles. The van der Waals surface area contributed by atoms with E-state index in [1.807, 2.05) is 6.07 Å². The number of fused-ring (bicyclic) bond motifs is 1. The van der Waals surface area contributed by atoms with E-state index < -0.39 is 0 Å². The van der Waals surface area contributed by atoms with Gasteiger partial charge in [0.25, 0.3) is 0 Å². The van der Waals surface area contributed by atoms with Crippen molar-refractivity contribution < 1.29 is 4.79 Å². The number of aromatic nitrogens is 4. The minimum Gasteiger partial charge on any atom is -0.366 e. The molecule has 1 saturated carbocycles. The number of thiophene rings is 1. The van der Waals surface area contributed by atoms with Crippen LogP contribution in [-0.4, -0.2) is 44.8 Å². The molecule has 3 aromatic heterocycles. The van der Waals surface area contributed by atoms with Gasteiger partial charge < -0.3 is 16.0 Å². The number of nitrogens with one attached hydrogen (secondary N) is 3. The molecule has 3 N–H and O–H groups in total. The predicted molar refractivity (Wildman–Crippen MR) is 129 cm³/mol. The highest BCUT2D eigenvalue weighted by molar-refractivity contribution is 7.17. The highest BCUT2D eigenvalue weighted by Gasteiger charge is 2.21. The van der Waals surface area contributed by atoms with E-state index in [4.69, 9.17) is 4.98 Å². The van der Waals surface area contributed by atoms with Gasteiger partial charge in [0.1, 0.15) is 5.82 Å². The maximum Gasteiger partial charge on any atom is 0.247 e. The van der Waals surface area contributed by atoms with E-state index in [1.54, 1.807) is 23.7 Å². The Kier molecular flexibility index (Phi) is 6.36. The third-order valence-electron chi connectivity index (χ3n) is 6.68. The summed E-state index contributed by atoms with van der Waals surface area (Å²) in [6.07, 6.45) is 10.9. The summed E-state index contributed by atoms with van der Waals surface area (Å²) in [5, 5.41) is 16.6. The first-order valence-electron chi connectivity index (χ1n) is 11.7. The summed E-state index contributed by atoms with van der Waals surface area (Å²) < 4.78 is 2.53. The van der Waals surface area contributed by atoms with Gasteiger partial charge in [-0.05, 0) is 74.9 Å². The lowest BCUT2D eigenvalue weighted by Gasteiger charge is -2.27. The van der Waals surface area contributed by atoms with Crippen LogP contribution in [0.5, 0.6) is 0 Å². The topological polar surface area (TPSA) is 96.8 Å². The quantitative estimate of drug-likeness (QED) is 0.500. The van der Waals surface area contributed by atoms with Gasteiger partial charge in [-0.1, -0.05) is 6.92 Å². The Hall–Kier alpha value is -2.52. The smallest absolute Gasteiger partial charge is 0.247 e. The van der Waals surface area contributed by atoms with E-state index >= 15 is 0 Å². The summed E-state index contributed by atoms with van der Waals surface area (Å²) in [7, 11) is 0. The molecule has 2 fully saturated rings. The van der Waals surface area contributed by atoms with Crippen LogP contribution >= 0.6 is 11.3 Å². The van der Waals surface area contributed by atoms with Gasteiger partial charge in [-0.25, -0.2) is 9.67 Å². The van der Waals surface area contributed by atoms with Crippen LogP contribution in [0.1, 0.15) is 56.7 Å². The number of anilines is 3. The molecule has 0 amide bonds. The molecule has 9 heteroatoms. The maximum atomic E-state index is 12.6. The molecule has 32 heavy (non-hydrogen) atoms. The van der Waals surface area contributed by atoms with Crippen molar-refractivity contribution in [1.29, 1.82) is 0 Å². The van der Waals surface area contributed by atoms with Gasteiger partial charge in [0, 0.05) is 12.5 Å². The van der Waals surface area contributed by atoms with E-state index in [9.17, 15) is 4.79 Å². The molecule has 5 rings (SSSR count). The average Bonchev–Trinajstić information content (AvgIpc) is 3.46. The van der Waals surface area contributed by atoms with Crippen molar-refractivity contribution in [3.05, 3.63) is 23.8 Å². The molecule has 0 radical (unpaired) electrons. The van der Waals surface area contributed by atoms with Gasteiger partial charge in [0.2, 0.25) is 11.9 Å². The molecule has 2 aliphatic rings. The first-order valence-corrected chi connectivity index (χ1v) is 12.6. The summed E-state index contributed by atoms with van der Waals surface area (Å²) in [6.45, 7) is 4.31. The Morgan fingerprint density at radius 1 is 1.19 bits per heavy atom. The second-order valence-electron chi connectivity index (χ2n) is 9.22. The summed E-state index contributed by atoms with van der Waals surface area (Å²) in [5.74, 6) is 2.69. The fraction of sp³-hybridized carbons (Fsp3) is 0.565.